The molecule has 0 amide bonds. The van der Waals surface area contributed by atoms with E-state index in [9.17, 15) is 9.59 Å². The average molecular weight is 416 g/mol. The van der Waals surface area contributed by atoms with Gasteiger partial charge in [-0.05, 0) is 38.5 Å². The zero-order chi connectivity index (χ0) is 22.3. The quantitative estimate of drug-likeness (QED) is 0.574. The molecular weight excluding hydrogens is 388 g/mol. The highest BCUT2D eigenvalue weighted by Crippen LogP contribution is 2.42. The van der Waals surface area contributed by atoms with Gasteiger partial charge < -0.3 is 23.8 Å². The molecule has 1 aromatic heterocycles. The van der Waals surface area contributed by atoms with Crippen molar-refractivity contribution in [2.45, 2.75) is 20.8 Å². The molecule has 1 heterocycles. The molecule has 8 nitrogen and oxygen atoms in total. The predicted octanol–water partition coefficient (Wildman–Crippen LogP) is 3.58. The number of esters is 2. The van der Waals surface area contributed by atoms with Crippen LogP contribution in [0.4, 0.5) is 5.82 Å². The van der Waals surface area contributed by atoms with Crippen LogP contribution in [-0.2, 0) is 9.47 Å². The number of benzene rings is 1. The fraction of sp³-hybridized carbons (Fsp3) is 0.409. The van der Waals surface area contributed by atoms with Gasteiger partial charge in [-0.15, -0.1) is 0 Å². The van der Waals surface area contributed by atoms with E-state index in [0.717, 1.165) is 5.56 Å². The molecule has 0 aliphatic carbocycles. The lowest BCUT2D eigenvalue weighted by Gasteiger charge is -2.26. The summed E-state index contributed by atoms with van der Waals surface area (Å²) in [6, 6.07) is 7.32. The Bertz CT molecular complexity index is 891. The van der Waals surface area contributed by atoms with E-state index < -0.39 is 11.9 Å². The van der Waals surface area contributed by atoms with Gasteiger partial charge in [-0.3, -0.25) is 0 Å². The summed E-state index contributed by atoms with van der Waals surface area (Å²) in [7, 11) is 4.06. The third kappa shape index (κ3) is 4.48. The molecule has 0 atom stereocenters. The lowest BCUT2D eigenvalue weighted by atomic mass is 9.99. The number of hydrogen-bond donors (Lipinski definition) is 0. The van der Waals surface area contributed by atoms with Crippen molar-refractivity contribution in [2.75, 3.05) is 45.9 Å². The number of rotatable bonds is 9. The second-order valence-electron chi connectivity index (χ2n) is 6.18. The summed E-state index contributed by atoms with van der Waals surface area (Å²) in [6.45, 7) is 7.31. The SMILES string of the molecule is CCOc1c(C(=O)OC)c(C(=O)OC)nc(N(CC)CC)c1-c1ccc(OC)cc1. The summed E-state index contributed by atoms with van der Waals surface area (Å²) < 4.78 is 21.0. The molecule has 0 spiro atoms. The number of hydrogen-bond acceptors (Lipinski definition) is 8. The van der Waals surface area contributed by atoms with Gasteiger partial charge in [0.2, 0.25) is 0 Å². The maximum atomic E-state index is 12.7. The number of carbonyl (C=O) groups is 2. The van der Waals surface area contributed by atoms with Gasteiger partial charge in [0.05, 0.1) is 33.5 Å². The molecule has 0 aliphatic heterocycles. The molecule has 30 heavy (non-hydrogen) atoms. The van der Waals surface area contributed by atoms with Crippen molar-refractivity contribution in [1.29, 1.82) is 0 Å². The van der Waals surface area contributed by atoms with Crippen molar-refractivity contribution < 1.29 is 28.5 Å². The molecule has 1 aromatic carbocycles. The van der Waals surface area contributed by atoms with Crippen LogP contribution in [0.3, 0.4) is 0 Å². The summed E-state index contributed by atoms with van der Waals surface area (Å²) in [5, 5.41) is 0. The Labute approximate surface area is 176 Å². The van der Waals surface area contributed by atoms with Crippen LogP contribution in [0.15, 0.2) is 24.3 Å². The van der Waals surface area contributed by atoms with E-state index in [1.54, 1.807) is 14.0 Å². The fourth-order valence-electron chi connectivity index (χ4n) is 3.15. The zero-order valence-electron chi connectivity index (χ0n) is 18.3. The van der Waals surface area contributed by atoms with Gasteiger partial charge in [-0.2, -0.15) is 0 Å². The van der Waals surface area contributed by atoms with Crippen LogP contribution in [0.1, 0.15) is 41.6 Å². The summed E-state index contributed by atoms with van der Waals surface area (Å²) in [5.74, 6) is -0.0415. The first-order chi connectivity index (χ1) is 14.5. The molecule has 0 bridgehead atoms. The molecule has 8 heteroatoms. The van der Waals surface area contributed by atoms with E-state index in [4.69, 9.17) is 18.9 Å². The van der Waals surface area contributed by atoms with Gasteiger partial charge in [-0.1, -0.05) is 12.1 Å². The summed E-state index contributed by atoms with van der Waals surface area (Å²) in [6.07, 6.45) is 0. The Morgan fingerprint density at radius 2 is 1.53 bits per heavy atom. The van der Waals surface area contributed by atoms with E-state index in [2.05, 4.69) is 4.98 Å². The third-order valence-electron chi connectivity index (χ3n) is 4.63. The molecule has 0 radical (unpaired) electrons. The van der Waals surface area contributed by atoms with E-state index in [0.29, 0.717) is 30.2 Å². The number of carbonyl (C=O) groups excluding carboxylic acids is 2. The summed E-state index contributed by atoms with van der Waals surface area (Å²) in [5.41, 5.74) is 1.14. The van der Waals surface area contributed by atoms with Crippen molar-refractivity contribution in [1.82, 2.24) is 4.98 Å². The van der Waals surface area contributed by atoms with E-state index in [1.807, 2.05) is 43.0 Å². The number of methoxy groups -OCH3 is 3. The number of ether oxygens (including phenoxy) is 4. The van der Waals surface area contributed by atoms with Crippen LogP contribution >= 0.6 is 0 Å². The smallest absolute Gasteiger partial charge is 0.357 e. The van der Waals surface area contributed by atoms with E-state index in [1.165, 1.54) is 14.2 Å². The van der Waals surface area contributed by atoms with Gasteiger partial charge >= 0.3 is 11.9 Å². The summed E-state index contributed by atoms with van der Waals surface area (Å²) in [4.78, 5) is 31.7. The summed E-state index contributed by atoms with van der Waals surface area (Å²) >= 11 is 0. The van der Waals surface area contributed by atoms with Gasteiger partial charge in [0.25, 0.3) is 0 Å². The molecule has 162 valence electrons. The molecule has 0 aliphatic rings. The number of aromatic nitrogens is 1. The Kier molecular flexibility index (Phi) is 8.03. The fourth-order valence-corrected chi connectivity index (χ4v) is 3.15. The van der Waals surface area contributed by atoms with E-state index in [-0.39, 0.29) is 23.6 Å². The normalized spacial score (nSPS) is 10.3. The van der Waals surface area contributed by atoms with Crippen molar-refractivity contribution >= 4 is 17.8 Å². The molecule has 0 unspecified atom stereocenters. The van der Waals surface area contributed by atoms with E-state index >= 15 is 0 Å². The molecule has 0 fully saturated rings. The second kappa shape index (κ2) is 10.5. The lowest BCUT2D eigenvalue weighted by molar-refractivity contribution is 0.0546. The monoisotopic (exact) mass is 416 g/mol. The first-order valence-corrected chi connectivity index (χ1v) is 9.73. The van der Waals surface area contributed by atoms with Crippen molar-refractivity contribution in [3.05, 3.63) is 35.5 Å². The minimum atomic E-state index is -0.744. The van der Waals surface area contributed by atoms with Crippen LogP contribution in [0.25, 0.3) is 11.1 Å². The minimum absolute atomic E-state index is 0.0621. The molecule has 2 aromatic rings. The van der Waals surface area contributed by atoms with Crippen molar-refractivity contribution in [2.24, 2.45) is 0 Å². The molecule has 2 rings (SSSR count). The first kappa shape index (κ1) is 23.0. The third-order valence-corrected chi connectivity index (χ3v) is 4.63. The highest BCUT2D eigenvalue weighted by atomic mass is 16.5. The number of anilines is 1. The van der Waals surface area contributed by atoms with Crippen LogP contribution in [0.5, 0.6) is 11.5 Å². The molecule has 0 saturated carbocycles. The highest BCUT2D eigenvalue weighted by Gasteiger charge is 2.32. The van der Waals surface area contributed by atoms with Crippen LogP contribution in [0, 0.1) is 0 Å². The molecule has 0 saturated heterocycles. The van der Waals surface area contributed by atoms with Crippen LogP contribution in [-0.4, -0.2) is 57.9 Å². The van der Waals surface area contributed by atoms with Crippen LogP contribution in [0.2, 0.25) is 0 Å². The topological polar surface area (TPSA) is 87.2 Å². The predicted molar refractivity (Wildman–Crippen MR) is 114 cm³/mol. The van der Waals surface area contributed by atoms with Gasteiger partial charge in [0.15, 0.2) is 5.69 Å². The Morgan fingerprint density at radius 1 is 0.933 bits per heavy atom. The first-order valence-electron chi connectivity index (χ1n) is 9.73. The number of nitrogens with zero attached hydrogens (tertiary/aromatic N) is 2. The van der Waals surface area contributed by atoms with Crippen molar-refractivity contribution in [3.63, 3.8) is 0 Å². The maximum Gasteiger partial charge on any atom is 0.357 e. The zero-order valence-corrected chi connectivity index (χ0v) is 18.3. The standard InChI is InChI=1S/C22H28N2O6/c1-7-24(8-2)20-16(14-10-12-15(27-4)13-11-14)19(30-9-3)17(21(25)28-5)18(23-20)22(26)29-6/h10-13H,7-9H2,1-6H3. The Morgan fingerprint density at radius 3 is 2.00 bits per heavy atom. The average Bonchev–Trinajstić information content (AvgIpc) is 2.78. The Balaban J connectivity index is 2.99. The minimum Gasteiger partial charge on any atom is -0.497 e. The van der Waals surface area contributed by atoms with Crippen molar-refractivity contribution in [3.8, 4) is 22.6 Å². The maximum absolute atomic E-state index is 12.7. The van der Waals surface area contributed by atoms with Crippen LogP contribution < -0.4 is 14.4 Å². The Hall–Kier alpha value is -3.29. The molecular formula is C22H28N2O6. The second-order valence-corrected chi connectivity index (χ2v) is 6.18. The van der Waals surface area contributed by atoms with Gasteiger partial charge in [-0.25, -0.2) is 14.6 Å². The largest absolute Gasteiger partial charge is 0.497 e. The highest BCUT2D eigenvalue weighted by molar-refractivity contribution is 6.07. The van der Waals surface area contributed by atoms with Gasteiger partial charge in [0, 0.05) is 13.1 Å². The van der Waals surface area contributed by atoms with Gasteiger partial charge in [0.1, 0.15) is 22.9 Å². The number of pyridine rings is 1. The molecule has 0 N–H and O–H groups in total. The lowest BCUT2D eigenvalue weighted by Crippen LogP contribution is -2.27.